The highest BCUT2D eigenvalue weighted by Crippen LogP contribution is 2.45. The van der Waals surface area contributed by atoms with Gasteiger partial charge in [-0.15, -0.1) is 0 Å². The number of carbonyl (C=O) groups is 1. The van der Waals surface area contributed by atoms with Crippen molar-refractivity contribution in [1.82, 2.24) is 9.80 Å². The van der Waals surface area contributed by atoms with Gasteiger partial charge in [0.1, 0.15) is 0 Å². The number of likely N-dealkylation sites (N-methyl/N-ethyl adjacent to an activating group) is 1. The van der Waals surface area contributed by atoms with Gasteiger partial charge in [-0.3, -0.25) is 9.69 Å². The van der Waals surface area contributed by atoms with Crippen LogP contribution in [-0.4, -0.2) is 67.1 Å². The van der Waals surface area contributed by atoms with E-state index in [1.54, 1.807) is 4.90 Å². The summed E-state index contributed by atoms with van der Waals surface area (Å²) in [5, 5.41) is 0. The van der Waals surface area contributed by atoms with Crippen molar-refractivity contribution in [2.24, 2.45) is 17.8 Å². The Hall–Kier alpha value is -0.750. The molecule has 2 saturated heterocycles. The van der Waals surface area contributed by atoms with E-state index >= 15 is 0 Å². The van der Waals surface area contributed by atoms with Crippen molar-refractivity contribution in [2.75, 3.05) is 39.9 Å². The summed E-state index contributed by atoms with van der Waals surface area (Å²) in [6.45, 7) is 4.16. The quantitative estimate of drug-likeness (QED) is 0.769. The first-order valence-electron chi connectivity index (χ1n) is 9.32. The summed E-state index contributed by atoms with van der Waals surface area (Å²) >= 11 is 0. The summed E-state index contributed by atoms with van der Waals surface area (Å²) in [6, 6.07) is 0. The van der Waals surface area contributed by atoms with Crippen molar-refractivity contribution in [3.05, 3.63) is 0 Å². The van der Waals surface area contributed by atoms with Gasteiger partial charge in [-0.25, -0.2) is 8.78 Å². The number of hydrogen-bond acceptors (Lipinski definition) is 3. The van der Waals surface area contributed by atoms with Gasteiger partial charge < -0.3 is 9.64 Å². The molecule has 0 aromatic rings. The molecule has 2 saturated carbocycles. The van der Waals surface area contributed by atoms with Crippen molar-refractivity contribution in [3.8, 4) is 0 Å². The van der Waals surface area contributed by atoms with Gasteiger partial charge in [0.25, 0.3) is 0 Å². The summed E-state index contributed by atoms with van der Waals surface area (Å²) in [6.07, 6.45) is 4.30. The summed E-state index contributed by atoms with van der Waals surface area (Å²) < 4.78 is 31.8. The van der Waals surface area contributed by atoms with E-state index in [4.69, 9.17) is 4.74 Å². The molecule has 24 heavy (non-hydrogen) atoms. The van der Waals surface area contributed by atoms with Gasteiger partial charge >= 0.3 is 0 Å². The third-order valence-corrected chi connectivity index (χ3v) is 6.48. The lowest BCUT2D eigenvalue weighted by Crippen LogP contribution is -2.73. The summed E-state index contributed by atoms with van der Waals surface area (Å²) in [5.41, 5.74) is 0.0494. The van der Waals surface area contributed by atoms with Crippen LogP contribution in [0.4, 0.5) is 8.78 Å². The monoisotopic (exact) mass is 342 g/mol. The summed E-state index contributed by atoms with van der Waals surface area (Å²) in [4.78, 5) is 16.5. The van der Waals surface area contributed by atoms with Gasteiger partial charge in [-0.05, 0) is 51.1 Å². The molecular weight excluding hydrogens is 314 g/mol. The molecule has 1 spiro atoms. The molecule has 0 bridgehead atoms. The van der Waals surface area contributed by atoms with E-state index in [-0.39, 0.29) is 24.3 Å². The van der Waals surface area contributed by atoms with Crippen molar-refractivity contribution in [3.63, 3.8) is 0 Å². The smallest absolute Gasteiger partial charge is 0.249 e. The third kappa shape index (κ3) is 3.19. The van der Waals surface area contributed by atoms with Crippen molar-refractivity contribution < 1.29 is 18.3 Å². The fourth-order valence-corrected chi connectivity index (χ4v) is 4.52. The van der Waals surface area contributed by atoms with Crippen LogP contribution in [0.3, 0.4) is 0 Å². The van der Waals surface area contributed by atoms with E-state index in [1.807, 2.05) is 0 Å². The minimum atomic E-state index is -2.62. The fourth-order valence-electron chi connectivity index (χ4n) is 4.52. The second-order valence-corrected chi connectivity index (χ2v) is 8.64. The van der Waals surface area contributed by atoms with Crippen LogP contribution in [0.15, 0.2) is 0 Å². The fraction of sp³-hybridized carbons (Fsp3) is 0.944. The van der Waals surface area contributed by atoms with Crippen LogP contribution in [0.2, 0.25) is 0 Å². The van der Waals surface area contributed by atoms with E-state index in [9.17, 15) is 13.6 Å². The van der Waals surface area contributed by atoms with Crippen LogP contribution in [0.5, 0.6) is 0 Å². The van der Waals surface area contributed by atoms with E-state index in [1.165, 1.54) is 12.8 Å². The highest BCUT2D eigenvalue weighted by Gasteiger charge is 2.55. The number of carbonyl (C=O) groups excluding carboxylic acids is 1. The lowest BCUT2D eigenvalue weighted by atomic mass is 9.73. The molecule has 136 valence electrons. The van der Waals surface area contributed by atoms with Crippen LogP contribution >= 0.6 is 0 Å². The molecule has 4 fully saturated rings. The highest BCUT2D eigenvalue weighted by molar-refractivity contribution is 5.81. The van der Waals surface area contributed by atoms with Crippen LogP contribution in [0, 0.1) is 17.8 Å². The molecule has 4 rings (SSSR count). The first-order valence-corrected chi connectivity index (χ1v) is 9.32. The largest absolute Gasteiger partial charge is 0.381 e. The lowest BCUT2D eigenvalue weighted by molar-refractivity contribution is -0.175. The van der Waals surface area contributed by atoms with E-state index < -0.39 is 11.8 Å². The number of likely N-dealkylation sites (tertiary alicyclic amines) is 2. The standard InChI is InChI=1S/C18H28F2N2O2/c1-21-5-4-14(10-24-9-13-2-3-13)6-17(21)11-22(12-17)16(23)15-7-18(19,20)8-15/h13-15H,2-12H2,1H3. The molecule has 2 aliphatic heterocycles. The first-order chi connectivity index (χ1) is 11.4. The van der Waals surface area contributed by atoms with Crippen LogP contribution in [0.25, 0.3) is 0 Å². The first kappa shape index (κ1) is 16.7. The van der Waals surface area contributed by atoms with Crippen LogP contribution < -0.4 is 0 Å². The van der Waals surface area contributed by atoms with Crippen molar-refractivity contribution in [2.45, 2.75) is 50.0 Å². The number of piperidine rings is 1. The number of halogens is 2. The SMILES string of the molecule is CN1CCC(COCC2CC2)CC12CN(C(=O)C1CC(F)(F)C1)C2. The zero-order valence-electron chi connectivity index (χ0n) is 14.5. The lowest BCUT2D eigenvalue weighted by Gasteiger charge is -2.59. The molecule has 2 heterocycles. The third-order valence-electron chi connectivity index (χ3n) is 6.48. The summed E-state index contributed by atoms with van der Waals surface area (Å²) in [5.74, 6) is -1.78. The predicted molar refractivity (Wildman–Crippen MR) is 85.9 cm³/mol. The average molecular weight is 342 g/mol. The van der Waals surface area contributed by atoms with Gasteiger partial charge in [-0.2, -0.15) is 0 Å². The Labute approximate surface area is 142 Å². The minimum Gasteiger partial charge on any atom is -0.381 e. The number of rotatable bonds is 5. The topological polar surface area (TPSA) is 32.8 Å². The molecule has 0 N–H and O–H groups in total. The molecular formula is C18H28F2N2O2. The molecule has 4 nitrogen and oxygen atoms in total. The normalized spacial score (nSPS) is 32.5. The summed E-state index contributed by atoms with van der Waals surface area (Å²) in [7, 11) is 2.13. The number of alkyl halides is 2. The molecule has 0 aromatic carbocycles. The Balaban J connectivity index is 1.26. The van der Waals surface area contributed by atoms with Gasteiger partial charge in [0.05, 0.1) is 5.54 Å². The molecule has 1 amide bonds. The number of amides is 1. The van der Waals surface area contributed by atoms with Gasteiger partial charge in [0.2, 0.25) is 11.8 Å². The molecule has 0 radical (unpaired) electrons. The van der Waals surface area contributed by atoms with Crippen LogP contribution in [-0.2, 0) is 9.53 Å². The molecule has 0 aromatic heterocycles. The molecule has 1 atom stereocenters. The average Bonchev–Trinajstić information content (AvgIpc) is 3.27. The van der Waals surface area contributed by atoms with E-state index in [0.29, 0.717) is 19.0 Å². The Morgan fingerprint density at radius 2 is 1.75 bits per heavy atom. The highest BCUT2D eigenvalue weighted by atomic mass is 19.3. The second-order valence-electron chi connectivity index (χ2n) is 8.64. The number of hydrogen-bond donors (Lipinski definition) is 0. The van der Waals surface area contributed by atoms with Gasteiger partial charge in [0, 0.05) is 45.1 Å². The maximum atomic E-state index is 13.0. The van der Waals surface area contributed by atoms with E-state index in [0.717, 1.165) is 38.5 Å². The molecule has 2 aliphatic carbocycles. The molecule has 1 unspecified atom stereocenters. The number of nitrogens with zero attached hydrogens (tertiary/aromatic N) is 2. The van der Waals surface area contributed by atoms with E-state index in [2.05, 4.69) is 11.9 Å². The zero-order chi connectivity index (χ0) is 16.9. The van der Waals surface area contributed by atoms with Gasteiger partial charge in [0.15, 0.2) is 0 Å². The van der Waals surface area contributed by atoms with Crippen molar-refractivity contribution in [1.29, 1.82) is 0 Å². The zero-order valence-corrected chi connectivity index (χ0v) is 14.5. The Kier molecular flexibility index (Phi) is 4.11. The predicted octanol–water partition coefficient (Wildman–Crippen LogP) is 2.38. The molecule has 4 aliphatic rings. The van der Waals surface area contributed by atoms with Crippen LogP contribution in [0.1, 0.15) is 38.5 Å². The minimum absolute atomic E-state index is 0.0494. The molecule has 6 heteroatoms. The maximum absolute atomic E-state index is 13.0. The number of ether oxygens (including phenoxy) is 1. The second kappa shape index (κ2) is 5.90. The Bertz CT molecular complexity index is 495. The van der Waals surface area contributed by atoms with Crippen molar-refractivity contribution >= 4 is 5.91 Å². The Morgan fingerprint density at radius 3 is 2.38 bits per heavy atom. The Morgan fingerprint density at radius 1 is 1.08 bits per heavy atom. The maximum Gasteiger partial charge on any atom is 0.249 e. The van der Waals surface area contributed by atoms with Gasteiger partial charge in [-0.1, -0.05) is 0 Å².